The lowest BCUT2D eigenvalue weighted by atomic mass is 10.1. The molecule has 0 bridgehead atoms. The van der Waals surface area contributed by atoms with E-state index in [0.29, 0.717) is 16.4 Å². The van der Waals surface area contributed by atoms with Crippen LogP contribution in [-0.2, 0) is 11.2 Å². The second kappa shape index (κ2) is 6.29. The van der Waals surface area contributed by atoms with E-state index in [1.54, 1.807) is 18.2 Å². The summed E-state index contributed by atoms with van der Waals surface area (Å²) in [6.45, 7) is 1.90. The normalized spacial score (nSPS) is 10.3. The van der Waals surface area contributed by atoms with Gasteiger partial charge in [-0.1, -0.05) is 39.7 Å². The van der Waals surface area contributed by atoms with Gasteiger partial charge in [0.05, 0.1) is 17.8 Å². The topological polar surface area (TPSA) is 55.1 Å². The van der Waals surface area contributed by atoms with E-state index in [-0.39, 0.29) is 12.3 Å². The summed E-state index contributed by atoms with van der Waals surface area (Å²) < 4.78 is 0.892. The zero-order chi connectivity index (χ0) is 14.7. The third kappa shape index (κ3) is 3.74. The molecule has 2 aromatic rings. The van der Waals surface area contributed by atoms with E-state index in [2.05, 4.69) is 21.2 Å². The minimum absolute atomic E-state index is 0.107. The zero-order valence-electron chi connectivity index (χ0n) is 10.9. The van der Waals surface area contributed by atoms with Gasteiger partial charge in [0.2, 0.25) is 5.91 Å². The molecular weight excluding hydrogens is 340 g/mol. The summed E-state index contributed by atoms with van der Waals surface area (Å²) >= 11 is 9.18. The van der Waals surface area contributed by atoms with E-state index >= 15 is 0 Å². The van der Waals surface area contributed by atoms with Crippen LogP contribution in [0.15, 0.2) is 40.9 Å². The van der Waals surface area contributed by atoms with Gasteiger partial charge in [-0.15, -0.1) is 0 Å². The molecule has 20 heavy (non-hydrogen) atoms. The molecule has 0 radical (unpaired) electrons. The van der Waals surface area contributed by atoms with Crippen LogP contribution in [0.4, 0.5) is 11.4 Å². The highest BCUT2D eigenvalue weighted by Gasteiger charge is 2.09. The van der Waals surface area contributed by atoms with Crippen LogP contribution in [0, 0.1) is 6.92 Å². The Morgan fingerprint density at radius 3 is 2.55 bits per heavy atom. The highest BCUT2D eigenvalue weighted by molar-refractivity contribution is 9.10. The molecule has 0 fully saturated rings. The number of nitrogen functional groups attached to an aromatic ring is 1. The molecule has 0 aliphatic carbocycles. The standard InChI is InChI=1S/C15H14BrClN2O/c1-9-6-11(16)8-13(18)15(9)19-14(20)7-10-2-4-12(17)5-3-10/h2-6,8H,7,18H2,1H3,(H,19,20). The molecule has 3 N–H and O–H groups in total. The molecule has 0 heterocycles. The maximum atomic E-state index is 12.0. The van der Waals surface area contributed by atoms with Crippen molar-refractivity contribution in [2.24, 2.45) is 0 Å². The van der Waals surface area contributed by atoms with Crippen molar-refractivity contribution >= 4 is 44.8 Å². The first kappa shape index (κ1) is 14.9. The highest BCUT2D eigenvalue weighted by atomic mass is 79.9. The largest absolute Gasteiger partial charge is 0.397 e. The third-order valence-corrected chi connectivity index (χ3v) is 3.58. The van der Waals surface area contributed by atoms with Crippen molar-refractivity contribution in [3.8, 4) is 0 Å². The predicted molar refractivity (Wildman–Crippen MR) is 87.1 cm³/mol. The van der Waals surface area contributed by atoms with Crippen LogP contribution in [0.1, 0.15) is 11.1 Å². The fourth-order valence-corrected chi connectivity index (χ4v) is 2.63. The highest BCUT2D eigenvalue weighted by Crippen LogP contribution is 2.27. The summed E-state index contributed by atoms with van der Waals surface area (Å²) in [5.41, 5.74) is 8.94. The second-order valence-corrected chi connectivity index (χ2v) is 5.89. The van der Waals surface area contributed by atoms with Gasteiger partial charge in [-0.2, -0.15) is 0 Å². The second-order valence-electron chi connectivity index (χ2n) is 4.54. The Balaban J connectivity index is 2.10. The Morgan fingerprint density at radius 1 is 1.30 bits per heavy atom. The molecule has 0 saturated carbocycles. The third-order valence-electron chi connectivity index (χ3n) is 2.87. The maximum absolute atomic E-state index is 12.0. The van der Waals surface area contributed by atoms with E-state index in [1.165, 1.54) is 0 Å². The summed E-state index contributed by atoms with van der Waals surface area (Å²) in [7, 11) is 0. The Kier molecular flexibility index (Phi) is 4.68. The van der Waals surface area contributed by atoms with Crippen LogP contribution in [0.5, 0.6) is 0 Å². The van der Waals surface area contributed by atoms with E-state index < -0.39 is 0 Å². The first-order valence-electron chi connectivity index (χ1n) is 6.05. The Morgan fingerprint density at radius 2 is 1.95 bits per heavy atom. The number of nitrogens with one attached hydrogen (secondary N) is 1. The molecule has 2 rings (SSSR count). The maximum Gasteiger partial charge on any atom is 0.228 e. The van der Waals surface area contributed by atoms with Gasteiger partial charge in [0, 0.05) is 9.50 Å². The van der Waals surface area contributed by atoms with E-state index in [1.807, 2.05) is 25.1 Å². The summed E-state index contributed by atoms with van der Waals surface area (Å²) in [6.07, 6.45) is 0.284. The molecule has 104 valence electrons. The Hall–Kier alpha value is -1.52. The van der Waals surface area contributed by atoms with E-state index in [4.69, 9.17) is 17.3 Å². The van der Waals surface area contributed by atoms with Gasteiger partial charge in [0.15, 0.2) is 0 Å². The van der Waals surface area contributed by atoms with Crippen molar-refractivity contribution < 1.29 is 4.79 Å². The molecule has 0 aromatic heterocycles. The summed E-state index contributed by atoms with van der Waals surface area (Å²) in [6, 6.07) is 10.9. The lowest BCUT2D eigenvalue weighted by molar-refractivity contribution is -0.115. The fraction of sp³-hybridized carbons (Fsp3) is 0.133. The number of aryl methyl sites for hydroxylation is 1. The van der Waals surface area contributed by atoms with Crippen molar-refractivity contribution in [2.45, 2.75) is 13.3 Å². The molecule has 0 aliphatic rings. The van der Waals surface area contributed by atoms with Crippen molar-refractivity contribution in [3.05, 3.63) is 57.0 Å². The average Bonchev–Trinajstić information content (AvgIpc) is 2.36. The molecule has 0 saturated heterocycles. The number of nitrogens with two attached hydrogens (primary N) is 1. The monoisotopic (exact) mass is 352 g/mol. The number of hydrogen-bond acceptors (Lipinski definition) is 2. The minimum Gasteiger partial charge on any atom is -0.397 e. The van der Waals surface area contributed by atoms with Crippen LogP contribution in [-0.4, -0.2) is 5.91 Å². The first-order chi connectivity index (χ1) is 9.45. The lowest BCUT2D eigenvalue weighted by Crippen LogP contribution is -2.16. The van der Waals surface area contributed by atoms with Crippen molar-refractivity contribution in [1.29, 1.82) is 0 Å². The SMILES string of the molecule is Cc1cc(Br)cc(N)c1NC(=O)Cc1ccc(Cl)cc1. The quantitative estimate of drug-likeness (QED) is 0.814. The minimum atomic E-state index is -0.107. The van der Waals surface area contributed by atoms with Gasteiger partial charge in [0.1, 0.15) is 0 Å². The summed E-state index contributed by atoms with van der Waals surface area (Å²) in [5, 5.41) is 3.51. The smallest absolute Gasteiger partial charge is 0.228 e. The summed E-state index contributed by atoms with van der Waals surface area (Å²) in [4.78, 5) is 12.0. The average molecular weight is 354 g/mol. The number of benzene rings is 2. The van der Waals surface area contributed by atoms with Crippen LogP contribution in [0.3, 0.4) is 0 Å². The van der Waals surface area contributed by atoms with Crippen LogP contribution in [0.25, 0.3) is 0 Å². The van der Waals surface area contributed by atoms with Gasteiger partial charge < -0.3 is 11.1 Å². The molecule has 0 spiro atoms. The number of anilines is 2. The molecule has 0 unspecified atom stereocenters. The number of amides is 1. The van der Waals surface area contributed by atoms with Gasteiger partial charge in [-0.25, -0.2) is 0 Å². The number of halogens is 2. The Bertz CT molecular complexity index is 618. The van der Waals surface area contributed by atoms with Gasteiger partial charge in [0.25, 0.3) is 0 Å². The van der Waals surface area contributed by atoms with Crippen molar-refractivity contribution in [3.63, 3.8) is 0 Å². The van der Waals surface area contributed by atoms with Crippen LogP contribution < -0.4 is 11.1 Å². The first-order valence-corrected chi connectivity index (χ1v) is 7.22. The fourth-order valence-electron chi connectivity index (χ4n) is 1.91. The van der Waals surface area contributed by atoms with Gasteiger partial charge in [-0.05, 0) is 42.3 Å². The van der Waals surface area contributed by atoms with Crippen molar-refractivity contribution in [1.82, 2.24) is 0 Å². The molecule has 0 atom stereocenters. The molecule has 1 amide bonds. The van der Waals surface area contributed by atoms with Crippen molar-refractivity contribution in [2.75, 3.05) is 11.1 Å². The van der Waals surface area contributed by atoms with Crippen LogP contribution in [0.2, 0.25) is 5.02 Å². The molecule has 3 nitrogen and oxygen atoms in total. The number of carbonyl (C=O) groups is 1. The summed E-state index contributed by atoms with van der Waals surface area (Å²) in [5.74, 6) is -0.107. The number of carbonyl (C=O) groups excluding carboxylic acids is 1. The van der Waals surface area contributed by atoms with E-state index in [9.17, 15) is 4.79 Å². The van der Waals surface area contributed by atoms with E-state index in [0.717, 1.165) is 15.6 Å². The Labute approximate surface area is 131 Å². The van der Waals surface area contributed by atoms with Gasteiger partial charge in [-0.3, -0.25) is 4.79 Å². The van der Waals surface area contributed by atoms with Gasteiger partial charge >= 0.3 is 0 Å². The molecule has 2 aromatic carbocycles. The van der Waals surface area contributed by atoms with Crippen LogP contribution >= 0.6 is 27.5 Å². The molecule has 0 aliphatic heterocycles. The zero-order valence-corrected chi connectivity index (χ0v) is 13.3. The predicted octanol–water partition coefficient (Wildman–Crippen LogP) is 4.17. The molecule has 5 heteroatoms. The number of hydrogen-bond donors (Lipinski definition) is 2. The molecular formula is C15H14BrClN2O. The lowest BCUT2D eigenvalue weighted by Gasteiger charge is -2.12. The number of rotatable bonds is 3.